The molecule has 1 aliphatic heterocycles. The SMILES string of the molecule is Cc1cc(-c2ccc3c4c(ccc3n2)-c2c(C3CCCCC3)c3ccc(C(=O)O)cc3n2CCCN4)c(C)s1. The highest BCUT2D eigenvalue weighted by Gasteiger charge is 2.29. The van der Waals surface area contributed by atoms with Gasteiger partial charge in [-0.15, -0.1) is 11.3 Å². The van der Waals surface area contributed by atoms with E-state index in [9.17, 15) is 9.90 Å². The molecule has 3 aromatic heterocycles. The first-order valence-electron chi connectivity index (χ1n) is 14.1. The minimum Gasteiger partial charge on any atom is -0.478 e. The first-order chi connectivity index (χ1) is 19.0. The molecule has 0 saturated heterocycles. The van der Waals surface area contributed by atoms with Crippen molar-refractivity contribution < 1.29 is 9.90 Å². The van der Waals surface area contributed by atoms with Gasteiger partial charge >= 0.3 is 5.97 Å². The molecule has 198 valence electrons. The van der Waals surface area contributed by atoms with E-state index in [1.165, 1.54) is 69.6 Å². The van der Waals surface area contributed by atoms with Crippen LogP contribution in [0.3, 0.4) is 0 Å². The number of hydrogen-bond donors (Lipinski definition) is 2. The number of hydrogen-bond acceptors (Lipinski definition) is 4. The molecule has 39 heavy (non-hydrogen) atoms. The van der Waals surface area contributed by atoms with Crippen LogP contribution in [0.1, 0.15) is 70.1 Å². The third kappa shape index (κ3) is 4.04. The maximum atomic E-state index is 11.9. The van der Waals surface area contributed by atoms with Crippen molar-refractivity contribution in [3.05, 3.63) is 69.4 Å². The molecule has 5 aromatic rings. The Hall–Kier alpha value is -3.64. The van der Waals surface area contributed by atoms with E-state index in [0.29, 0.717) is 11.5 Å². The van der Waals surface area contributed by atoms with Gasteiger partial charge in [0, 0.05) is 50.3 Å². The number of aromatic nitrogens is 2. The number of rotatable bonds is 3. The molecule has 0 atom stereocenters. The molecular formula is C33H33N3O2S. The minimum absolute atomic E-state index is 0.354. The molecule has 0 radical (unpaired) electrons. The average molecular weight is 536 g/mol. The van der Waals surface area contributed by atoms with E-state index < -0.39 is 5.97 Å². The van der Waals surface area contributed by atoms with Crippen molar-refractivity contribution in [3.63, 3.8) is 0 Å². The lowest BCUT2D eigenvalue weighted by molar-refractivity contribution is 0.0697. The summed E-state index contributed by atoms with van der Waals surface area (Å²) >= 11 is 1.82. The van der Waals surface area contributed by atoms with E-state index in [2.05, 4.69) is 60.1 Å². The maximum Gasteiger partial charge on any atom is 0.335 e. The van der Waals surface area contributed by atoms with Crippen molar-refractivity contribution in [2.75, 3.05) is 11.9 Å². The second-order valence-electron chi connectivity index (χ2n) is 11.1. The molecule has 2 aromatic carbocycles. The van der Waals surface area contributed by atoms with Crippen LogP contribution in [0.2, 0.25) is 0 Å². The molecule has 0 unspecified atom stereocenters. The van der Waals surface area contributed by atoms with Gasteiger partial charge in [-0.1, -0.05) is 25.3 Å². The van der Waals surface area contributed by atoms with Gasteiger partial charge in [-0.3, -0.25) is 0 Å². The summed E-state index contributed by atoms with van der Waals surface area (Å²) in [5.41, 5.74) is 9.65. The number of pyridine rings is 1. The Morgan fingerprint density at radius 2 is 1.79 bits per heavy atom. The smallest absolute Gasteiger partial charge is 0.335 e. The fraction of sp³-hybridized carbons (Fsp3) is 0.333. The van der Waals surface area contributed by atoms with Crippen molar-refractivity contribution >= 4 is 44.8 Å². The average Bonchev–Trinajstić information content (AvgIpc) is 3.44. The van der Waals surface area contributed by atoms with Gasteiger partial charge in [-0.25, -0.2) is 9.78 Å². The minimum atomic E-state index is -0.872. The zero-order valence-electron chi connectivity index (χ0n) is 22.5. The Kier molecular flexibility index (Phi) is 5.96. The topological polar surface area (TPSA) is 67.1 Å². The Morgan fingerprint density at radius 3 is 2.56 bits per heavy atom. The number of carboxylic acids is 1. The Labute approximate surface area is 232 Å². The highest BCUT2D eigenvalue weighted by atomic mass is 32.1. The van der Waals surface area contributed by atoms with Gasteiger partial charge in [0.1, 0.15) is 0 Å². The van der Waals surface area contributed by atoms with Crippen molar-refractivity contribution in [2.24, 2.45) is 0 Å². The third-order valence-electron chi connectivity index (χ3n) is 8.67. The number of benzene rings is 2. The van der Waals surface area contributed by atoms with Crippen LogP contribution in [0.25, 0.3) is 44.3 Å². The van der Waals surface area contributed by atoms with Crippen LogP contribution in [-0.2, 0) is 6.54 Å². The van der Waals surface area contributed by atoms with Crippen molar-refractivity contribution in [1.29, 1.82) is 0 Å². The summed E-state index contributed by atoms with van der Waals surface area (Å²) in [6, 6.07) is 16.8. The molecule has 1 saturated carbocycles. The summed E-state index contributed by atoms with van der Waals surface area (Å²) in [6.45, 7) is 6.03. The van der Waals surface area contributed by atoms with Crippen molar-refractivity contribution in [2.45, 2.75) is 64.8 Å². The maximum absolute atomic E-state index is 11.9. The standard InChI is InChI=1S/C33H33N3O2S/c1-19-17-26(20(2)39-19)28-13-11-23-27(35-28)14-12-25-31(23)34-15-6-16-36-29-18-22(33(37)38)9-10-24(29)30(32(25)36)21-7-4-3-5-8-21/h9-14,17-18,21,34H,3-8,15-16H2,1-2H3,(H,37,38). The van der Waals surface area contributed by atoms with Crippen molar-refractivity contribution in [3.8, 4) is 22.5 Å². The van der Waals surface area contributed by atoms with Crippen LogP contribution in [0.5, 0.6) is 0 Å². The summed E-state index contributed by atoms with van der Waals surface area (Å²) in [7, 11) is 0. The van der Waals surface area contributed by atoms with Gasteiger partial charge in [0.2, 0.25) is 0 Å². The quantitative estimate of drug-likeness (QED) is 0.242. The monoisotopic (exact) mass is 535 g/mol. The molecular weight excluding hydrogens is 502 g/mol. The fourth-order valence-corrected chi connectivity index (χ4v) is 7.85. The normalized spacial score (nSPS) is 15.9. The molecule has 2 aliphatic rings. The van der Waals surface area contributed by atoms with Gasteiger partial charge in [-0.05, 0) is 87.1 Å². The number of nitrogens with zero attached hydrogens (tertiary/aromatic N) is 2. The Bertz CT molecular complexity index is 1760. The van der Waals surface area contributed by atoms with Crippen molar-refractivity contribution in [1.82, 2.24) is 9.55 Å². The predicted octanol–water partition coefficient (Wildman–Crippen LogP) is 8.76. The largest absolute Gasteiger partial charge is 0.478 e. The molecule has 1 fully saturated rings. The Balaban J connectivity index is 1.48. The van der Waals surface area contributed by atoms with Crippen LogP contribution in [0, 0.1) is 13.8 Å². The summed E-state index contributed by atoms with van der Waals surface area (Å²) in [4.78, 5) is 19.6. The fourth-order valence-electron chi connectivity index (χ4n) is 6.91. The second-order valence-corrected chi connectivity index (χ2v) is 12.6. The molecule has 0 spiro atoms. The number of carbonyl (C=O) groups is 1. The molecule has 5 nitrogen and oxygen atoms in total. The Morgan fingerprint density at radius 1 is 0.974 bits per heavy atom. The van der Waals surface area contributed by atoms with E-state index in [1.54, 1.807) is 6.07 Å². The van der Waals surface area contributed by atoms with E-state index >= 15 is 0 Å². The summed E-state index contributed by atoms with van der Waals surface area (Å²) < 4.78 is 2.41. The molecule has 6 heteroatoms. The number of fused-ring (bicyclic) bond motifs is 7. The summed E-state index contributed by atoms with van der Waals surface area (Å²) in [6.07, 6.45) is 7.14. The molecule has 4 heterocycles. The zero-order valence-corrected chi connectivity index (χ0v) is 23.3. The van der Waals surface area contributed by atoms with E-state index in [0.717, 1.165) is 47.3 Å². The highest BCUT2D eigenvalue weighted by molar-refractivity contribution is 7.12. The van der Waals surface area contributed by atoms with Crippen LogP contribution < -0.4 is 5.32 Å². The number of aromatic carboxylic acids is 1. The summed E-state index contributed by atoms with van der Waals surface area (Å²) in [5, 5.41) is 15.9. The zero-order chi connectivity index (χ0) is 26.7. The molecule has 7 rings (SSSR count). The summed E-state index contributed by atoms with van der Waals surface area (Å²) in [5.74, 6) is -0.384. The van der Waals surface area contributed by atoms with Crippen LogP contribution in [0.4, 0.5) is 5.69 Å². The van der Waals surface area contributed by atoms with Gasteiger partial charge in [0.05, 0.1) is 28.2 Å². The van der Waals surface area contributed by atoms with Gasteiger partial charge in [-0.2, -0.15) is 0 Å². The van der Waals surface area contributed by atoms with E-state index in [-0.39, 0.29) is 0 Å². The molecule has 2 N–H and O–H groups in total. The third-order valence-corrected chi connectivity index (χ3v) is 9.63. The van der Waals surface area contributed by atoms with Crippen LogP contribution in [-0.4, -0.2) is 27.2 Å². The molecule has 0 amide bonds. The number of carboxylic acid groups (broad SMARTS) is 1. The van der Waals surface area contributed by atoms with Gasteiger partial charge in [0.15, 0.2) is 0 Å². The van der Waals surface area contributed by atoms with Crippen LogP contribution >= 0.6 is 11.3 Å². The lowest BCUT2D eigenvalue weighted by Gasteiger charge is -2.26. The lowest BCUT2D eigenvalue weighted by atomic mass is 9.81. The first kappa shape index (κ1) is 24.4. The lowest BCUT2D eigenvalue weighted by Crippen LogP contribution is -2.14. The van der Waals surface area contributed by atoms with E-state index in [4.69, 9.17) is 4.98 Å². The number of nitrogens with one attached hydrogen (secondary N) is 1. The predicted molar refractivity (Wildman–Crippen MR) is 161 cm³/mol. The number of aryl methyl sites for hydroxylation is 3. The number of anilines is 1. The van der Waals surface area contributed by atoms with Gasteiger partial charge < -0.3 is 15.0 Å². The first-order valence-corrected chi connectivity index (χ1v) is 15.0. The molecule has 0 bridgehead atoms. The van der Waals surface area contributed by atoms with Crippen LogP contribution in [0.15, 0.2) is 48.5 Å². The molecule has 1 aliphatic carbocycles. The van der Waals surface area contributed by atoms with E-state index in [1.807, 2.05) is 17.4 Å². The second kappa shape index (κ2) is 9.53. The number of thiophene rings is 1. The van der Waals surface area contributed by atoms with Gasteiger partial charge in [0.25, 0.3) is 0 Å². The highest BCUT2D eigenvalue weighted by Crippen LogP contribution is 2.48.